The van der Waals surface area contributed by atoms with Gasteiger partial charge in [-0.2, -0.15) is 0 Å². The molecule has 0 atom stereocenters. The molecule has 0 unspecified atom stereocenters. The van der Waals surface area contributed by atoms with Gasteiger partial charge in [0, 0.05) is 31.6 Å². The number of hydrogen-bond donors (Lipinski definition) is 1. The average Bonchev–Trinajstić information content (AvgIpc) is 2.58. The molecule has 23 heavy (non-hydrogen) atoms. The number of benzene rings is 1. The highest BCUT2D eigenvalue weighted by Crippen LogP contribution is 2.31. The lowest BCUT2D eigenvalue weighted by molar-refractivity contribution is -0.281. The van der Waals surface area contributed by atoms with E-state index in [-0.39, 0.29) is 6.03 Å². The highest BCUT2D eigenvalue weighted by atomic mass is 16.7. The molecule has 0 aliphatic carbocycles. The molecule has 2 heterocycles. The van der Waals surface area contributed by atoms with Crippen LogP contribution >= 0.6 is 0 Å². The Hall–Kier alpha value is -1.79. The normalized spacial score (nSPS) is 20.3. The lowest BCUT2D eigenvalue weighted by Gasteiger charge is -2.43. The minimum Gasteiger partial charge on any atom is -0.494 e. The van der Waals surface area contributed by atoms with Crippen LogP contribution in [0.4, 0.5) is 10.5 Å². The maximum absolute atomic E-state index is 12.4. The van der Waals surface area contributed by atoms with Crippen LogP contribution in [-0.4, -0.2) is 49.6 Å². The highest BCUT2D eigenvalue weighted by molar-refractivity contribution is 5.89. The molecule has 3 rings (SSSR count). The van der Waals surface area contributed by atoms with Crippen molar-refractivity contribution in [1.29, 1.82) is 0 Å². The topological polar surface area (TPSA) is 60.0 Å². The van der Waals surface area contributed by atoms with E-state index in [0.29, 0.717) is 19.7 Å². The monoisotopic (exact) mass is 320 g/mol. The number of amides is 2. The summed E-state index contributed by atoms with van der Waals surface area (Å²) in [5.41, 5.74) is 0.768. The SMILES string of the molecule is CCOc1ccc(NC(=O)N2CCC3(CC2)OCCCO3)cc1. The quantitative estimate of drug-likeness (QED) is 0.930. The van der Waals surface area contributed by atoms with E-state index in [9.17, 15) is 4.79 Å². The molecular weight excluding hydrogens is 296 g/mol. The van der Waals surface area contributed by atoms with Crippen LogP contribution in [0, 0.1) is 0 Å². The molecule has 0 saturated carbocycles. The first kappa shape index (κ1) is 16.1. The van der Waals surface area contributed by atoms with Crippen molar-refractivity contribution in [3.05, 3.63) is 24.3 Å². The average molecular weight is 320 g/mol. The van der Waals surface area contributed by atoms with E-state index in [1.165, 1.54) is 0 Å². The van der Waals surface area contributed by atoms with Gasteiger partial charge < -0.3 is 24.4 Å². The third-order valence-corrected chi connectivity index (χ3v) is 4.25. The second-order valence-electron chi connectivity index (χ2n) is 5.84. The van der Waals surface area contributed by atoms with Gasteiger partial charge in [-0.25, -0.2) is 4.79 Å². The zero-order chi connectivity index (χ0) is 16.1. The van der Waals surface area contributed by atoms with Crippen molar-refractivity contribution < 1.29 is 19.0 Å². The molecule has 6 nitrogen and oxygen atoms in total. The van der Waals surface area contributed by atoms with Crippen molar-refractivity contribution in [2.24, 2.45) is 0 Å². The number of nitrogens with one attached hydrogen (secondary N) is 1. The number of ether oxygens (including phenoxy) is 3. The van der Waals surface area contributed by atoms with Crippen molar-refractivity contribution in [2.75, 3.05) is 38.2 Å². The Balaban J connectivity index is 1.51. The van der Waals surface area contributed by atoms with Crippen LogP contribution in [0.5, 0.6) is 5.75 Å². The van der Waals surface area contributed by atoms with Crippen molar-refractivity contribution >= 4 is 11.7 Å². The Morgan fingerprint density at radius 1 is 1.22 bits per heavy atom. The molecule has 1 aromatic carbocycles. The summed E-state index contributed by atoms with van der Waals surface area (Å²) in [6.45, 7) is 5.35. The largest absolute Gasteiger partial charge is 0.494 e. The van der Waals surface area contributed by atoms with Gasteiger partial charge in [0.2, 0.25) is 0 Å². The summed E-state index contributed by atoms with van der Waals surface area (Å²) >= 11 is 0. The molecule has 6 heteroatoms. The van der Waals surface area contributed by atoms with Crippen LogP contribution in [0.25, 0.3) is 0 Å². The maximum Gasteiger partial charge on any atom is 0.321 e. The van der Waals surface area contributed by atoms with Crippen molar-refractivity contribution in [2.45, 2.75) is 32.0 Å². The number of rotatable bonds is 3. The first-order chi connectivity index (χ1) is 11.2. The summed E-state index contributed by atoms with van der Waals surface area (Å²) < 4.78 is 17.0. The van der Waals surface area contributed by atoms with Crippen molar-refractivity contribution in [3.8, 4) is 5.75 Å². The molecule has 1 aromatic rings. The Kier molecular flexibility index (Phi) is 5.03. The van der Waals surface area contributed by atoms with Crippen LogP contribution in [0.1, 0.15) is 26.2 Å². The number of likely N-dealkylation sites (tertiary alicyclic amines) is 1. The minimum atomic E-state index is -0.464. The van der Waals surface area contributed by atoms with Gasteiger partial charge in [0.1, 0.15) is 5.75 Å². The summed E-state index contributed by atoms with van der Waals surface area (Å²) in [6, 6.07) is 7.32. The zero-order valence-electron chi connectivity index (χ0n) is 13.5. The highest BCUT2D eigenvalue weighted by Gasteiger charge is 2.39. The van der Waals surface area contributed by atoms with Gasteiger partial charge in [-0.15, -0.1) is 0 Å². The summed E-state index contributed by atoms with van der Waals surface area (Å²) in [5, 5.41) is 2.92. The summed E-state index contributed by atoms with van der Waals surface area (Å²) in [6.07, 6.45) is 2.40. The zero-order valence-corrected chi connectivity index (χ0v) is 13.5. The molecule has 2 fully saturated rings. The maximum atomic E-state index is 12.4. The number of carbonyl (C=O) groups excluding carboxylic acids is 1. The molecular formula is C17H24N2O4. The van der Waals surface area contributed by atoms with Crippen LogP contribution in [0.3, 0.4) is 0 Å². The molecule has 2 aliphatic rings. The molecule has 0 bridgehead atoms. The molecule has 126 valence electrons. The van der Waals surface area contributed by atoms with Crippen LogP contribution in [0.15, 0.2) is 24.3 Å². The lowest BCUT2D eigenvalue weighted by Crippen LogP contribution is -2.52. The van der Waals surface area contributed by atoms with Gasteiger partial charge in [-0.05, 0) is 37.6 Å². The number of piperidine rings is 1. The number of nitrogens with zero attached hydrogens (tertiary/aromatic N) is 1. The number of hydrogen-bond acceptors (Lipinski definition) is 4. The van der Waals surface area contributed by atoms with E-state index in [1.54, 1.807) is 0 Å². The standard InChI is InChI=1S/C17H24N2O4/c1-2-21-15-6-4-14(5-7-15)18-16(20)19-10-8-17(9-11-19)22-12-3-13-23-17/h4-7H,2-3,8-13H2,1H3,(H,18,20). The summed E-state index contributed by atoms with van der Waals surface area (Å²) in [5.74, 6) is 0.339. The summed E-state index contributed by atoms with van der Waals surface area (Å²) in [4.78, 5) is 14.2. The molecule has 1 N–H and O–H groups in total. The van der Waals surface area contributed by atoms with Crippen molar-refractivity contribution in [1.82, 2.24) is 4.90 Å². The predicted molar refractivity (Wildman–Crippen MR) is 86.7 cm³/mol. The van der Waals surface area contributed by atoms with E-state index < -0.39 is 5.79 Å². The van der Waals surface area contributed by atoms with E-state index in [4.69, 9.17) is 14.2 Å². The molecule has 2 saturated heterocycles. The minimum absolute atomic E-state index is 0.0835. The van der Waals surface area contributed by atoms with Gasteiger partial charge in [-0.3, -0.25) is 0 Å². The molecule has 2 amide bonds. The van der Waals surface area contributed by atoms with Gasteiger partial charge >= 0.3 is 6.03 Å². The van der Waals surface area contributed by atoms with Crippen LogP contribution in [-0.2, 0) is 9.47 Å². The van der Waals surface area contributed by atoms with Crippen LogP contribution in [0.2, 0.25) is 0 Å². The van der Waals surface area contributed by atoms with E-state index in [0.717, 1.165) is 43.9 Å². The van der Waals surface area contributed by atoms with E-state index in [1.807, 2.05) is 36.1 Å². The van der Waals surface area contributed by atoms with Gasteiger partial charge in [0.15, 0.2) is 5.79 Å². The second kappa shape index (κ2) is 7.19. The third-order valence-electron chi connectivity index (χ3n) is 4.25. The number of urea groups is 1. The van der Waals surface area contributed by atoms with E-state index in [2.05, 4.69) is 5.32 Å². The Morgan fingerprint density at radius 2 is 1.87 bits per heavy atom. The predicted octanol–water partition coefficient (Wildman–Crippen LogP) is 2.85. The molecule has 0 aromatic heterocycles. The fourth-order valence-electron chi connectivity index (χ4n) is 2.96. The third kappa shape index (κ3) is 3.95. The van der Waals surface area contributed by atoms with Gasteiger partial charge in [0.05, 0.1) is 19.8 Å². The number of anilines is 1. The Morgan fingerprint density at radius 3 is 2.48 bits per heavy atom. The molecule has 1 spiro atoms. The summed E-state index contributed by atoms with van der Waals surface area (Å²) in [7, 11) is 0. The molecule has 0 radical (unpaired) electrons. The Labute approximate surface area is 136 Å². The first-order valence-corrected chi connectivity index (χ1v) is 8.27. The molecule has 2 aliphatic heterocycles. The van der Waals surface area contributed by atoms with Crippen LogP contribution < -0.4 is 10.1 Å². The second-order valence-corrected chi connectivity index (χ2v) is 5.84. The van der Waals surface area contributed by atoms with Gasteiger partial charge in [-0.1, -0.05) is 0 Å². The van der Waals surface area contributed by atoms with E-state index >= 15 is 0 Å². The smallest absolute Gasteiger partial charge is 0.321 e. The van der Waals surface area contributed by atoms with Gasteiger partial charge in [0.25, 0.3) is 0 Å². The Bertz CT molecular complexity index is 516. The lowest BCUT2D eigenvalue weighted by atomic mass is 10.0. The fraction of sp³-hybridized carbons (Fsp3) is 0.588. The van der Waals surface area contributed by atoms with Crippen molar-refractivity contribution in [3.63, 3.8) is 0 Å². The number of carbonyl (C=O) groups is 1. The first-order valence-electron chi connectivity index (χ1n) is 8.27. The fourth-order valence-corrected chi connectivity index (χ4v) is 2.96.